The number of fused-ring (bicyclic) bond motifs is 1. The summed E-state index contributed by atoms with van der Waals surface area (Å²) in [6.45, 7) is 8.85. The highest BCUT2D eigenvalue weighted by atomic mass is 16.3. The number of aliphatic hydroxyl groups is 2. The van der Waals surface area contributed by atoms with E-state index >= 15 is 0 Å². The normalized spacial score (nSPS) is 52.1. The molecule has 0 aliphatic heterocycles. The minimum absolute atomic E-state index is 0.0199. The standard InChI is InChI=1S/C14H26O2/c1-12(2)10(15)7-9-13(3)11(16)6-5-8-14(12,13)4/h10-11,15-16H,5-9H2,1-4H3/t10-,11+,13-,14+/m1/s1. The van der Waals surface area contributed by atoms with Gasteiger partial charge in [0, 0.05) is 0 Å². The van der Waals surface area contributed by atoms with Gasteiger partial charge in [0.25, 0.3) is 0 Å². The van der Waals surface area contributed by atoms with E-state index in [0.717, 1.165) is 32.1 Å². The minimum atomic E-state index is -0.226. The van der Waals surface area contributed by atoms with E-state index in [-0.39, 0.29) is 28.5 Å². The average molecular weight is 226 g/mol. The van der Waals surface area contributed by atoms with Crippen molar-refractivity contribution in [2.24, 2.45) is 16.2 Å². The van der Waals surface area contributed by atoms with Crippen LogP contribution in [0.25, 0.3) is 0 Å². The maximum atomic E-state index is 10.4. The van der Waals surface area contributed by atoms with Crippen molar-refractivity contribution in [3.05, 3.63) is 0 Å². The highest BCUT2D eigenvalue weighted by Crippen LogP contribution is 2.65. The van der Waals surface area contributed by atoms with Crippen molar-refractivity contribution in [1.29, 1.82) is 0 Å². The number of hydrogen-bond acceptors (Lipinski definition) is 2. The van der Waals surface area contributed by atoms with Crippen molar-refractivity contribution >= 4 is 0 Å². The van der Waals surface area contributed by atoms with Crippen LogP contribution in [0.1, 0.15) is 59.8 Å². The van der Waals surface area contributed by atoms with Crippen LogP contribution in [0, 0.1) is 16.2 Å². The SMILES string of the molecule is CC1(C)[C@H](O)CC[C@]2(C)[C@@H](O)CCC[C@@]12C. The van der Waals surface area contributed by atoms with Gasteiger partial charge in [0.05, 0.1) is 12.2 Å². The largest absolute Gasteiger partial charge is 0.393 e. The van der Waals surface area contributed by atoms with Crippen LogP contribution in [0.15, 0.2) is 0 Å². The maximum Gasteiger partial charge on any atom is 0.0599 e. The Morgan fingerprint density at radius 1 is 0.875 bits per heavy atom. The summed E-state index contributed by atoms with van der Waals surface area (Å²) in [5, 5.41) is 20.6. The summed E-state index contributed by atoms with van der Waals surface area (Å²) in [4.78, 5) is 0. The topological polar surface area (TPSA) is 40.5 Å². The van der Waals surface area contributed by atoms with E-state index in [4.69, 9.17) is 0 Å². The van der Waals surface area contributed by atoms with Gasteiger partial charge in [0.2, 0.25) is 0 Å². The molecule has 2 saturated carbocycles. The van der Waals surface area contributed by atoms with Crippen LogP contribution in [0.3, 0.4) is 0 Å². The molecular formula is C14H26O2. The molecule has 2 N–H and O–H groups in total. The monoisotopic (exact) mass is 226 g/mol. The molecule has 2 aliphatic carbocycles. The summed E-state index contributed by atoms with van der Waals surface area (Å²) >= 11 is 0. The second-order valence-electron chi connectivity index (χ2n) is 6.93. The Hall–Kier alpha value is -0.0800. The molecule has 0 amide bonds. The number of rotatable bonds is 0. The lowest BCUT2D eigenvalue weighted by Crippen LogP contribution is -2.62. The summed E-state index contributed by atoms with van der Waals surface area (Å²) < 4.78 is 0. The Balaban J connectivity index is 2.45. The minimum Gasteiger partial charge on any atom is -0.393 e. The van der Waals surface area contributed by atoms with E-state index in [9.17, 15) is 10.2 Å². The van der Waals surface area contributed by atoms with Gasteiger partial charge in [-0.15, -0.1) is 0 Å². The van der Waals surface area contributed by atoms with Crippen LogP contribution in [-0.4, -0.2) is 22.4 Å². The van der Waals surface area contributed by atoms with Gasteiger partial charge >= 0.3 is 0 Å². The van der Waals surface area contributed by atoms with Gasteiger partial charge < -0.3 is 10.2 Å². The van der Waals surface area contributed by atoms with E-state index in [1.807, 2.05) is 0 Å². The quantitative estimate of drug-likeness (QED) is 0.667. The van der Waals surface area contributed by atoms with Crippen LogP contribution < -0.4 is 0 Å². The molecule has 2 rings (SSSR count). The summed E-state index contributed by atoms with van der Waals surface area (Å²) in [5.41, 5.74) is -0.0648. The third kappa shape index (κ3) is 1.26. The molecule has 2 nitrogen and oxygen atoms in total. The first-order chi connectivity index (χ1) is 7.26. The predicted molar refractivity (Wildman–Crippen MR) is 65.1 cm³/mol. The van der Waals surface area contributed by atoms with Crippen molar-refractivity contribution < 1.29 is 10.2 Å². The molecule has 0 spiro atoms. The van der Waals surface area contributed by atoms with Gasteiger partial charge in [0.15, 0.2) is 0 Å². The molecule has 0 bridgehead atoms. The molecule has 0 aromatic carbocycles. The molecule has 0 aromatic rings. The first kappa shape index (κ1) is 12.4. The van der Waals surface area contributed by atoms with Crippen LogP contribution in [0.5, 0.6) is 0 Å². The molecular weight excluding hydrogens is 200 g/mol. The third-order valence-corrected chi connectivity index (χ3v) is 6.34. The highest BCUT2D eigenvalue weighted by molar-refractivity contribution is 5.11. The molecule has 0 unspecified atom stereocenters. The van der Waals surface area contributed by atoms with Crippen molar-refractivity contribution in [2.75, 3.05) is 0 Å². The van der Waals surface area contributed by atoms with Crippen molar-refractivity contribution in [1.82, 2.24) is 0 Å². The lowest BCUT2D eigenvalue weighted by Gasteiger charge is -2.64. The summed E-state index contributed by atoms with van der Waals surface area (Å²) in [7, 11) is 0. The van der Waals surface area contributed by atoms with E-state index < -0.39 is 0 Å². The molecule has 2 fully saturated rings. The zero-order chi connectivity index (χ0) is 12.2. The van der Waals surface area contributed by atoms with E-state index in [2.05, 4.69) is 27.7 Å². The van der Waals surface area contributed by atoms with Gasteiger partial charge in [-0.2, -0.15) is 0 Å². The van der Waals surface area contributed by atoms with Gasteiger partial charge in [-0.25, -0.2) is 0 Å². The van der Waals surface area contributed by atoms with Crippen molar-refractivity contribution in [2.45, 2.75) is 72.0 Å². The Labute approximate surface area is 99.1 Å². The van der Waals surface area contributed by atoms with Crippen molar-refractivity contribution in [3.8, 4) is 0 Å². The molecule has 0 radical (unpaired) electrons. The van der Waals surface area contributed by atoms with E-state index in [0.29, 0.717) is 0 Å². The smallest absolute Gasteiger partial charge is 0.0599 e. The summed E-state index contributed by atoms with van der Waals surface area (Å²) in [6, 6.07) is 0. The van der Waals surface area contributed by atoms with Gasteiger partial charge in [0.1, 0.15) is 0 Å². The molecule has 0 saturated heterocycles. The first-order valence-corrected chi connectivity index (χ1v) is 6.62. The zero-order valence-corrected chi connectivity index (χ0v) is 11.1. The fourth-order valence-electron chi connectivity index (χ4n) is 4.29. The van der Waals surface area contributed by atoms with Gasteiger partial charge in [-0.3, -0.25) is 0 Å². The Morgan fingerprint density at radius 3 is 2.12 bits per heavy atom. The highest BCUT2D eigenvalue weighted by Gasteiger charge is 2.62. The second-order valence-corrected chi connectivity index (χ2v) is 6.93. The molecule has 2 aliphatic rings. The lowest BCUT2D eigenvalue weighted by atomic mass is 9.41. The average Bonchev–Trinajstić information content (AvgIpc) is 2.20. The van der Waals surface area contributed by atoms with Crippen LogP contribution in [0.2, 0.25) is 0 Å². The van der Waals surface area contributed by atoms with E-state index in [1.165, 1.54) is 0 Å². The van der Waals surface area contributed by atoms with Crippen LogP contribution >= 0.6 is 0 Å². The summed E-state index contributed by atoms with van der Waals surface area (Å²) in [6.07, 6.45) is 4.51. The second kappa shape index (κ2) is 3.46. The molecule has 2 heteroatoms. The van der Waals surface area contributed by atoms with Crippen LogP contribution in [-0.2, 0) is 0 Å². The first-order valence-electron chi connectivity index (χ1n) is 6.62. The molecule has 0 heterocycles. The fourth-order valence-corrected chi connectivity index (χ4v) is 4.29. The van der Waals surface area contributed by atoms with Crippen molar-refractivity contribution in [3.63, 3.8) is 0 Å². The Kier molecular flexibility index (Phi) is 2.67. The molecule has 16 heavy (non-hydrogen) atoms. The van der Waals surface area contributed by atoms with E-state index in [1.54, 1.807) is 0 Å². The number of aliphatic hydroxyl groups excluding tert-OH is 2. The predicted octanol–water partition coefficient (Wildman–Crippen LogP) is 2.72. The maximum absolute atomic E-state index is 10.4. The Bertz CT molecular complexity index is 286. The number of hydrogen-bond donors (Lipinski definition) is 2. The summed E-state index contributed by atoms with van der Waals surface area (Å²) in [5.74, 6) is 0. The molecule has 94 valence electrons. The molecule has 4 atom stereocenters. The Morgan fingerprint density at radius 2 is 1.50 bits per heavy atom. The molecule has 0 aromatic heterocycles. The van der Waals surface area contributed by atoms with Crippen LogP contribution in [0.4, 0.5) is 0 Å². The lowest BCUT2D eigenvalue weighted by molar-refractivity contribution is -0.216. The van der Waals surface area contributed by atoms with Gasteiger partial charge in [-0.1, -0.05) is 34.1 Å². The fraction of sp³-hybridized carbons (Fsp3) is 1.00. The van der Waals surface area contributed by atoms with Gasteiger partial charge in [-0.05, 0) is 41.9 Å². The zero-order valence-electron chi connectivity index (χ0n) is 11.1. The third-order valence-electron chi connectivity index (χ3n) is 6.34.